The number of halogens is 2. The van der Waals surface area contributed by atoms with E-state index in [0.717, 1.165) is 79.5 Å². The molecule has 1 amide bonds. The third kappa shape index (κ3) is 4.17. The topological polar surface area (TPSA) is 68.8 Å². The maximum Gasteiger partial charge on any atom is 0.227 e. The molecule has 1 unspecified atom stereocenters. The van der Waals surface area contributed by atoms with Crippen molar-refractivity contribution in [3.63, 3.8) is 0 Å². The van der Waals surface area contributed by atoms with Crippen molar-refractivity contribution >= 4 is 29.1 Å². The van der Waals surface area contributed by atoms with E-state index >= 15 is 0 Å². The monoisotopic (exact) mass is 486 g/mol. The number of likely N-dealkylation sites (tertiary alicyclic amines) is 1. The second kappa shape index (κ2) is 9.11. The summed E-state index contributed by atoms with van der Waals surface area (Å²) in [6, 6.07) is 5.44. The zero-order valence-electron chi connectivity index (χ0n) is 19.0. The molecule has 0 spiro atoms. The summed E-state index contributed by atoms with van der Waals surface area (Å²) >= 11 is 12.3. The Morgan fingerprint density at radius 2 is 1.91 bits per heavy atom. The Bertz CT molecular complexity index is 1200. The zero-order chi connectivity index (χ0) is 23.1. The van der Waals surface area contributed by atoms with E-state index in [-0.39, 0.29) is 11.9 Å². The Labute approximate surface area is 203 Å². The minimum absolute atomic E-state index is 0.00239. The van der Waals surface area contributed by atoms with Gasteiger partial charge in [-0.05, 0) is 57.7 Å². The molecular weight excluding hydrogens is 459 g/mol. The van der Waals surface area contributed by atoms with E-state index in [1.54, 1.807) is 12.1 Å². The summed E-state index contributed by atoms with van der Waals surface area (Å²) in [4.78, 5) is 15.5. The summed E-state index contributed by atoms with van der Waals surface area (Å²) in [6.45, 7) is 5.64. The van der Waals surface area contributed by atoms with Gasteiger partial charge >= 0.3 is 0 Å². The van der Waals surface area contributed by atoms with Gasteiger partial charge in [0, 0.05) is 30.8 Å². The van der Waals surface area contributed by atoms with Gasteiger partial charge in [0.1, 0.15) is 5.82 Å². The molecule has 1 aromatic carbocycles. The lowest BCUT2D eigenvalue weighted by Gasteiger charge is -2.25. The van der Waals surface area contributed by atoms with Gasteiger partial charge in [-0.15, -0.1) is 10.2 Å². The molecule has 4 heterocycles. The molecule has 0 aliphatic carbocycles. The lowest BCUT2D eigenvalue weighted by molar-refractivity contribution is -0.131. The first-order chi connectivity index (χ1) is 15.9. The fraction of sp³-hybridized carbons (Fsp3) is 0.500. The van der Waals surface area contributed by atoms with Crippen LogP contribution in [0.5, 0.6) is 0 Å². The fourth-order valence-electron chi connectivity index (χ4n) is 5.14. The standard InChI is InChI=1S/C24H28Cl2N6O/c1-15-18(16(2)32(29-15)17-9-10-19(25)20(26)13-17)14-23(33)30-12-6-7-21(30)24-28-27-22-8-4-3-5-11-31(22)24/h9-10,13,21H,3-8,11-12,14H2,1-2H3. The van der Waals surface area contributed by atoms with Crippen LogP contribution in [0.3, 0.4) is 0 Å². The first kappa shape index (κ1) is 22.4. The Balaban J connectivity index is 1.39. The van der Waals surface area contributed by atoms with E-state index < -0.39 is 0 Å². The number of aromatic nitrogens is 5. The summed E-state index contributed by atoms with van der Waals surface area (Å²) in [5.74, 6) is 2.14. The third-order valence-electron chi connectivity index (χ3n) is 6.93. The molecule has 2 aliphatic heterocycles. The minimum atomic E-state index is 0.00239. The van der Waals surface area contributed by atoms with E-state index in [1.165, 1.54) is 6.42 Å². The van der Waals surface area contributed by atoms with E-state index in [2.05, 4.69) is 19.9 Å². The highest BCUT2D eigenvalue weighted by Crippen LogP contribution is 2.33. The number of carbonyl (C=O) groups excluding carboxylic acids is 1. The van der Waals surface area contributed by atoms with Crippen LogP contribution in [0.4, 0.5) is 0 Å². The highest BCUT2D eigenvalue weighted by Gasteiger charge is 2.35. The number of aryl methyl sites for hydroxylation is 2. The van der Waals surface area contributed by atoms with Crippen molar-refractivity contribution in [2.45, 2.75) is 71.4 Å². The van der Waals surface area contributed by atoms with Crippen LogP contribution >= 0.6 is 23.2 Å². The van der Waals surface area contributed by atoms with Crippen molar-refractivity contribution in [2.24, 2.45) is 0 Å². The SMILES string of the molecule is Cc1nn(-c2ccc(Cl)c(Cl)c2)c(C)c1CC(=O)N1CCCC1c1nnc2n1CCCCC2. The molecule has 1 saturated heterocycles. The maximum absolute atomic E-state index is 13.5. The molecule has 3 aromatic rings. The number of carbonyl (C=O) groups is 1. The number of amides is 1. The van der Waals surface area contributed by atoms with Gasteiger partial charge in [0.2, 0.25) is 5.91 Å². The molecule has 33 heavy (non-hydrogen) atoms. The molecule has 7 nitrogen and oxygen atoms in total. The summed E-state index contributed by atoms with van der Waals surface area (Å²) in [6.07, 6.45) is 6.73. The van der Waals surface area contributed by atoms with Gasteiger partial charge < -0.3 is 9.47 Å². The quantitative estimate of drug-likeness (QED) is 0.518. The molecule has 0 radical (unpaired) electrons. The molecular formula is C24H28Cl2N6O. The van der Waals surface area contributed by atoms with Crippen LogP contribution in [0.1, 0.15) is 66.7 Å². The smallest absolute Gasteiger partial charge is 0.227 e. The average molecular weight is 487 g/mol. The van der Waals surface area contributed by atoms with Gasteiger partial charge in [0.05, 0.1) is 33.9 Å². The first-order valence-corrected chi connectivity index (χ1v) is 12.4. The van der Waals surface area contributed by atoms with Crippen LogP contribution in [0.15, 0.2) is 18.2 Å². The Hall–Kier alpha value is -2.38. The van der Waals surface area contributed by atoms with Crippen molar-refractivity contribution in [2.75, 3.05) is 6.54 Å². The predicted molar refractivity (Wildman–Crippen MR) is 128 cm³/mol. The minimum Gasteiger partial charge on any atom is -0.332 e. The van der Waals surface area contributed by atoms with Gasteiger partial charge in [-0.25, -0.2) is 4.68 Å². The zero-order valence-corrected chi connectivity index (χ0v) is 20.5. The van der Waals surface area contributed by atoms with E-state index in [1.807, 2.05) is 29.5 Å². The van der Waals surface area contributed by atoms with E-state index in [4.69, 9.17) is 23.2 Å². The highest BCUT2D eigenvalue weighted by atomic mass is 35.5. The molecule has 174 valence electrons. The lowest BCUT2D eigenvalue weighted by atomic mass is 10.1. The molecule has 0 N–H and O–H groups in total. The summed E-state index contributed by atoms with van der Waals surface area (Å²) in [7, 11) is 0. The largest absolute Gasteiger partial charge is 0.332 e. The average Bonchev–Trinajstić information content (AvgIpc) is 3.45. The third-order valence-corrected chi connectivity index (χ3v) is 7.67. The molecule has 1 fully saturated rings. The van der Waals surface area contributed by atoms with Crippen LogP contribution in [0.2, 0.25) is 10.0 Å². The van der Waals surface area contributed by atoms with Crippen molar-refractivity contribution in [3.05, 3.63) is 56.8 Å². The van der Waals surface area contributed by atoms with Crippen LogP contribution in [0, 0.1) is 13.8 Å². The van der Waals surface area contributed by atoms with Gasteiger partial charge in [0.15, 0.2) is 5.82 Å². The summed E-state index contributed by atoms with van der Waals surface area (Å²) < 4.78 is 4.10. The number of hydrogen-bond donors (Lipinski definition) is 0. The highest BCUT2D eigenvalue weighted by molar-refractivity contribution is 6.42. The lowest BCUT2D eigenvalue weighted by Crippen LogP contribution is -2.33. The Morgan fingerprint density at radius 1 is 1.06 bits per heavy atom. The van der Waals surface area contributed by atoms with Gasteiger partial charge in [-0.1, -0.05) is 29.6 Å². The first-order valence-electron chi connectivity index (χ1n) is 11.7. The van der Waals surface area contributed by atoms with Crippen LogP contribution in [-0.4, -0.2) is 41.9 Å². The number of hydrogen-bond acceptors (Lipinski definition) is 4. The maximum atomic E-state index is 13.5. The molecule has 0 bridgehead atoms. The number of benzene rings is 1. The Kier molecular flexibility index (Phi) is 6.18. The number of nitrogens with zero attached hydrogens (tertiary/aromatic N) is 6. The van der Waals surface area contributed by atoms with Crippen LogP contribution in [-0.2, 0) is 24.2 Å². The second-order valence-corrected chi connectivity index (χ2v) is 9.83. The van der Waals surface area contributed by atoms with E-state index in [9.17, 15) is 4.79 Å². The van der Waals surface area contributed by atoms with Gasteiger partial charge in [-0.3, -0.25) is 4.79 Å². The van der Waals surface area contributed by atoms with Crippen molar-refractivity contribution in [3.8, 4) is 5.69 Å². The molecule has 9 heteroatoms. The molecule has 0 saturated carbocycles. The molecule has 2 aromatic heterocycles. The van der Waals surface area contributed by atoms with Crippen molar-refractivity contribution in [1.29, 1.82) is 0 Å². The molecule has 5 rings (SSSR count). The fourth-order valence-corrected chi connectivity index (χ4v) is 5.43. The number of rotatable bonds is 4. The van der Waals surface area contributed by atoms with Crippen molar-refractivity contribution < 1.29 is 4.79 Å². The summed E-state index contributed by atoms with van der Waals surface area (Å²) in [5.41, 5.74) is 3.57. The van der Waals surface area contributed by atoms with Crippen molar-refractivity contribution in [1.82, 2.24) is 29.4 Å². The molecule has 2 aliphatic rings. The molecule has 1 atom stereocenters. The predicted octanol–water partition coefficient (Wildman–Crippen LogP) is 5.02. The van der Waals surface area contributed by atoms with Gasteiger partial charge in [0.25, 0.3) is 0 Å². The normalized spacial score (nSPS) is 18.4. The van der Waals surface area contributed by atoms with Gasteiger partial charge in [-0.2, -0.15) is 5.10 Å². The van der Waals surface area contributed by atoms with Crippen LogP contribution in [0.25, 0.3) is 5.69 Å². The van der Waals surface area contributed by atoms with Crippen LogP contribution < -0.4 is 0 Å². The summed E-state index contributed by atoms with van der Waals surface area (Å²) in [5, 5.41) is 14.7. The number of fused-ring (bicyclic) bond motifs is 1. The van der Waals surface area contributed by atoms with E-state index in [0.29, 0.717) is 16.5 Å². The Morgan fingerprint density at radius 3 is 2.73 bits per heavy atom. The second-order valence-electron chi connectivity index (χ2n) is 9.02.